The Balaban J connectivity index is 2.34. The second-order valence-electron chi connectivity index (χ2n) is 15.3. The molecular weight excluding hydrogens is 700 g/mol. The maximum absolute atomic E-state index is 12.7. The van der Waals surface area contributed by atoms with E-state index in [9.17, 15) is 30.0 Å². The number of unbranched alkanes of at least 4 members (excludes halogenated alkanes) is 22. The highest BCUT2D eigenvalue weighted by Gasteiger charge is 2.44. The molecule has 1 aliphatic rings. The molecule has 0 aromatic heterocycles. The molecule has 0 aliphatic carbocycles. The van der Waals surface area contributed by atoms with Crippen LogP contribution < -0.4 is 0 Å². The van der Waals surface area contributed by atoms with E-state index in [4.69, 9.17) is 18.9 Å². The van der Waals surface area contributed by atoms with Gasteiger partial charge in [-0.05, 0) is 51.4 Å². The Morgan fingerprint density at radius 1 is 0.618 bits per heavy atom. The van der Waals surface area contributed by atoms with Crippen molar-refractivity contribution in [2.75, 3.05) is 19.8 Å². The molecule has 0 spiro atoms. The van der Waals surface area contributed by atoms with Gasteiger partial charge in [-0.1, -0.05) is 146 Å². The van der Waals surface area contributed by atoms with E-state index in [1.807, 2.05) is 6.08 Å². The fourth-order valence-electron chi connectivity index (χ4n) is 6.63. The summed E-state index contributed by atoms with van der Waals surface area (Å²) in [6.07, 6.45) is 31.8. The number of rotatable bonds is 37. The zero-order valence-electron chi connectivity index (χ0n) is 34.5. The first kappa shape index (κ1) is 50.9. The van der Waals surface area contributed by atoms with Crippen molar-refractivity contribution in [1.82, 2.24) is 0 Å². The fraction of sp³-hybridized carbons (Fsp3) is 0.822. The van der Waals surface area contributed by atoms with Crippen LogP contribution >= 0.6 is 0 Å². The summed E-state index contributed by atoms with van der Waals surface area (Å²) in [5, 5.41) is 40.0. The molecular formula is C45H80O10. The number of esters is 2. The van der Waals surface area contributed by atoms with E-state index in [-0.39, 0.29) is 32.0 Å². The number of ether oxygens (including phenoxy) is 4. The van der Waals surface area contributed by atoms with E-state index >= 15 is 0 Å². The quantitative estimate of drug-likeness (QED) is 0.0208. The molecule has 0 bridgehead atoms. The van der Waals surface area contributed by atoms with Crippen molar-refractivity contribution in [2.45, 2.75) is 217 Å². The smallest absolute Gasteiger partial charge is 0.306 e. The summed E-state index contributed by atoms with van der Waals surface area (Å²) in [4.78, 5) is 25.3. The average molecular weight is 781 g/mol. The molecule has 0 amide bonds. The molecule has 0 saturated carbocycles. The zero-order valence-corrected chi connectivity index (χ0v) is 34.5. The van der Waals surface area contributed by atoms with Crippen LogP contribution in [-0.2, 0) is 28.5 Å². The SMILES string of the molecule is C=CCCCCCCCCCCCCCCCC(=O)OC[C@@H](CO[C@H]1O[C@@H](CO)[C@@H](O)C(O)C1O)OC(=O)CCCCCCC/C=C/C=C/CCCCCC. The Bertz CT molecular complexity index is 983. The molecule has 1 heterocycles. The Morgan fingerprint density at radius 3 is 1.60 bits per heavy atom. The summed E-state index contributed by atoms with van der Waals surface area (Å²) in [5.41, 5.74) is 0. The predicted molar refractivity (Wildman–Crippen MR) is 219 cm³/mol. The number of carbonyl (C=O) groups is 2. The van der Waals surface area contributed by atoms with Gasteiger partial charge in [0, 0.05) is 12.8 Å². The molecule has 1 fully saturated rings. The summed E-state index contributed by atoms with van der Waals surface area (Å²) in [6.45, 7) is 4.91. The number of hydrogen-bond acceptors (Lipinski definition) is 10. The van der Waals surface area contributed by atoms with E-state index in [2.05, 4.69) is 37.8 Å². The largest absolute Gasteiger partial charge is 0.462 e. The van der Waals surface area contributed by atoms with Crippen molar-refractivity contribution >= 4 is 11.9 Å². The third-order valence-electron chi connectivity index (χ3n) is 10.2. The Hall–Kier alpha value is -2.08. The lowest BCUT2D eigenvalue weighted by Crippen LogP contribution is -2.59. The van der Waals surface area contributed by atoms with Crippen molar-refractivity contribution in [1.29, 1.82) is 0 Å². The minimum atomic E-state index is -1.60. The molecule has 1 rings (SSSR count). The van der Waals surface area contributed by atoms with E-state index in [0.29, 0.717) is 6.42 Å². The highest BCUT2D eigenvalue weighted by Crippen LogP contribution is 2.23. The van der Waals surface area contributed by atoms with Crippen LogP contribution in [0.5, 0.6) is 0 Å². The molecule has 55 heavy (non-hydrogen) atoms. The first-order valence-electron chi connectivity index (χ1n) is 22.0. The van der Waals surface area contributed by atoms with Gasteiger partial charge in [-0.15, -0.1) is 6.58 Å². The van der Waals surface area contributed by atoms with Gasteiger partial charge in [0.2, 0.25) is 0 Å². The van der Waals surface area contributed by atoms with Crippen LogP contribution in [0.4, 0.5) is 0 Å². The van der Waals surface area contributed by atoms with Crippen molar-refractivity contribution in [3.05, 3.63) is 37.0 Å². The molecule has 10 heteroatoms. The molecule has 0 aromatic rings. The third-order valence-corrected chi connectivity index (χ3v) is 10.2. The van der Waals surface area contributed by atoms with Crippen molar-refractivity contribution < 1.29 is 49.0 Å². The van der Waals surface area contributed by atoms with Gasteiger partial charge in [0.1, 0.15) is 31.0 Å². The van der Waals surface area contributed by atoms with Crippen LogP contribution in [0.1, 0.15) is 180 Å². The maximum Gasteiger partial charge on any atom is 0.306 e. The number of carbonyl (C=O) groups excluding carboxylic acids is 2. The topological polar surface area (TPSA) is 152 Å². The standard InChI is InChI=1S/C45H80O10/c1-3-5-7-9-11-13-15-17-19-21-23-25-27-29-31-33-40(47)52-36-38(37-53-45-44(51)43(50)42(49)39(35-46)55-45)54-41(48)34-32-30-28-26-24-22-20-18-16-14-12-10-8-6-4-2/h3,14,16,18,20,38-39,42-46,49-51H,1,4-13,15,17,19,21-37H2,2H3/b16-14+,20-18+/t38-,39-,42+,43?,44?,45-/m0/s1. The third kappa shape index (κ3) is 28.0. The molecule has 6 atom stereocenters. The minimum absolute atomic E-state index is 0.212. The second kappa shape index (κ2) is 36.3. The van der Waals surface area contributed by atoms with Crippen LogP contribution in [0.2, 0.25) is 0 Å². The Kier molecular flexibility index (Phi) is 33.6. The number of hydrogen-bond donors (Lipinski definition) is 4. The molecule has 0 radical (unpaired) electrons. The molecule has 2 unspecified atom stereocenters. The first-order valence-corrected chi connectivity index (χ1v) is 22.0. The van der Waals surface area contributed by atoms with Crippen LogP contribution in [-0.4, -0.2) is 89.0 Å². The van der Waals surface area contributed by atoms with E-state index in [0.717, 1.165) is 64.2 Å². The maximum atomic E-state index is 12.7. The number of allylic oxidation sites excluding steroid dienone is 5. The van der Waals surface area contributed by atoms with E-state index < -0.39 is 49.4 Å². The normalized spacial score (nSPS) is 20.6. The highest BCUT2D eigenvalue weighted by atomic mass is 16.7. The van der Waals surface area contributed by atoms with Gasteiger partial charge >= 0.3 is 11.9 Å². The molecule has 320 valence electrons. The van der Waals surface area contributed by atoms with Gasteiger partial charge in [0.25, 0.3) is 0 Å². The van der Waals surface area contributed by atoms with Gasteiger partial charge in [0.15, 0.2) is 12.4 Å². The van der Waals surface area contributed by atoms with Gasteiger partial charge < -0.3 is 39.4 Å². The molecule has 0 aromatic carbocycles. The fourth-order valence-corrected chi connectivity index (χ4v) is 6.63. The highest BCUT2D eigenvalue weighted by molar-refractivity contribution is 5.70. The minimum Gasteiger partial charge on any atom is -0.462 e. The lowest BCUT2D eigenvalue weighted by molar-refractivity contribution is -0.305. The van der Waals surface area contributed by atoms with E-state index in [1.165, 1.54) is 89.9 Å². The lowest BCUT2D eigenvalue weighted by Gasteiger charge is -2.39. The number of aliphatic hydroxyl groups excluding tert-OH is 4. The summed E-state index contributed by atoms with van der Waals surface area (Å²) in [5.74, 6) is -0.825. The van der Waals surface area contributed by atoms with Crippen molar-refractivity contribution in [3.63, 3.8) is 0 Å². The monoisotopic (exact) mass is 781 g/mol. The molecule has 1 aliphatic heterocycles. The summed E-state index contributed by atoms with van der Waals surface area (Å²) in [6, 6.07) is 0. The zero-order chi connectivity index (χ0) is 40.2. The van der Waals surface area contributed by atoms with Gasteiger partial charge in [0.05, 0.1) is 13.2 Å². The molecule has 10 nitrogen and oxygen atoms in total. The summed E-state index contributed by atoms with van der Waals surface area (Å²) < 4.78 is 22.1. The van der Waals surface area contributed by atoms with Crippen molar-refractivity contribution in [2.24, 2.45) is 0 Å². The predicted octanol–water partition coefficient (Wildman–Crippen LogP) is 9.11. The number of aliphatic hydroxyl groups is 4. The Morgan fingerprint density at radius 2 is 1.09 bits per heavy atom. The molecule has 4 N–H and O–H groups in total. The lowest BCUT2D eigenvalue weighted by atomic mass is 9.99. The van der Waals surface area contributed by atoms with E-state index in [1.54, 1.807) is 0 Å². The van der Waals surface area contributed by atoms with Crippen LogP contribution in [0.15, 0.2) is 37.0 Å². The average Bonchev–Trinajstić information content (AvgIpc) is 3.18. The second-order valence-corrected chi connectivity index (χ2v) is 15.3. The summed E-state index contributed by atoms with van der Waals surface area (Å²) in [7, 11) is 0. The van der Waals surface area contributed by atoms with Gasteiger partial charge in [-0.3, -0.25) is 9.59 Å². The van der Waals surface area contributed by atoms with Crippen molar-refractivity contribution in [3.8, 4) is 0 Å². The van der Waals surface area contributed by atoms with Crippen LogP contribution in [0, 0.1) is 0 Å². The van der Waals surface area contributed by atoms with Gasteiger partial charge in [-0.25, -0.2) is 0 Å². The summed E-state index contributed by atoms with van der Waals surface area (Å²) >= 11 is 0. The Labute approximate surface area is 334 Å². The first-order chi connectivity index (χ1) is 26.8. The van der Waals surface area contributed by atoms with Crippen LogP contribution in [0.3, 0.4) is 0 Å². The van der Waals surface area contributed by atoms with Gasteiger partial charge in [-0.2, -0.15) is 0 Å². The molecule has 1 saturated heterocycles. The van der Waals surface area contributed by atoms with Crippen LogP contribution in [0.25, 0.3) is 0 Å².